The lowest BCUT2D eigenvalue weighted by atomic mass is 10.2. The number of esters is 2. The first-order valence-corrected chi connectivity index (χ1v) is 7.45. The number of methoxy groups -OCH3 is 1. The Balaban J connectivity index is 4.73. The van der Waals surface area contributed by atoms with Crippen molar-refractivity contribution in [2.75, 3.05) is 13.7 Å². The van der Waals surface area contributed by atoms with Crippen molar-refractivity contribution in [3.05, 3.63) is 0 Å². The molecule has 0 radical (unpaired) electrons. The summed E-state index contributed by atoms with van der Waals surface area (Å²) >= 11 is 0.803. The van der Waals surface area contributed by atoms with Crippen LogP contribution in [0.2, 0.25) is 0 Å². The Hall–Kier alpha value is -1.57. The SMILES string of the molecule is CCOC(=O)C(NC(=O)CC)C(C)SC(=O)CC(=O)OC. The average Bonchev–Trinajstić information content (AvgIpc) is 2.43. The van der Waals surface area contributed by atoms with Crippen LogP contribution in [-0.4, -0.2) is 48.0 Å². The lowest BCUT2D eigenvalue weighted by Gasteiger charge is -2.22. The minimum atomic E-state index is -0.941. The number of carbonyl (C=O) groups is 4. The minimum absolute atomic E-state index is 0.171. The maximum atomic E-state index is 11.8. The van der Waals surface area contributed by atoms with Gasteiger partial charge in [0.2, 0.25) is 5.91 Å². The van der Waals surface area contributed by atoms with Crippen LogP contribution in [0.1, 0.15) is 33.6 Å². The van der Waals surface area contributed by atoms with Crippen molar-refractivity contribution in [3.8, 4) is 0 Å². The molecular formula is C13H21NO6S. The molecule has 2 unspecified atom stereocenters. The van der Waals surface area contributed by atoms with E-state index in [1.807, 2.05) is 0 Å². The van der Waals surface area contributed by atoms with E-state index in [0.29, 0.717) is 0 Å². The smallest absolute Gasteiger partial charge is 0.329 e. The second-order valence-electron chi connectivity index (χ2n) is 4.10. The first kappa shape index (κ1) is 19.4. The molecule has 120 valence electrons. The molecule has 0 bridgehead atoms. The largest absolute Gasteiger partial charge is 0.469 e. The van der Waals surface area contributed by atoms with Crippen molar-refractivity contribution >= 4 is 34.7 Å². The van der Waals surface area contributed by atoms with Gasteiger partial charge in [0, 0.05) is 11.7 Å². The highest BCUT2D eigenvalue weighted by molar-refractivity contribution is 8.14. The first-order valence-electron chi connectivity index (χ1n) is 6.57. The summed E-state index contributed by atoms with van der Waals surface area (Å²) in [5.41, 5.74) is 0. The fourth-order valence-electron chi connectivity index (χ4n) is 1.38. The molecule has 0 aromatic rings. The maximum absolute atomic E-state index is 11.8. The van der Waals surface area contributed by atoms with Crippen LogP contribution in [0.5, 0.6) is 0 Å². The standard InChI is InChI=1S/C13H21NO6S/c1-5-9(15)14-12(13(18)20-6-2)8(3)21-11(17)7-10(16)19-4/h8,12H,5-7H2,1-4H3,(H,14,15). The Morgan fingerprint density at radius 1 is 1.19 bits per heavy atom. The van der Waals surface area contributed by atoms with E-state index in [2.05, 4.69) is 10.1 Å². The molecule has 0 spiro atoms. The van der Waals surface area contributed by atoms with Gasteiger partial charge in [0.1, 0.15) is 12.5 Å². The van der Waals surface area contributed by atoms with E-state index in [1.165, 1.54) is 7.11 Å². The molecule has 0 aliphatic carbocycles. The fourth-order valence-corrected chi connectivity index (χ4v) is 2.31. The molecule has 0 fully saturated rings. The average molecular weight is 319 g/mol. The van der Waals surface area contributed by atoms with Gasteiger partial charge in [-0.3, -0.25) is 14.4 Å². The van der Waals surface area contributed by atoms with E-state index in [9.17, 15) is 19.2 Å². The Morgan fingerprint density at radius 3 is 2.29 bits per heavy atom. The molecule has 0 rings (SSSR count). The van der Waals surface area contributed by atoms with Crippen molar-refractivity contribution in [2.45, 2.75) is 44.9 Å². The fraction of sp³-hybridized carbons (Fsp3) is 0.692. The summed E-state index contributed by atoms with van der Waals surface area (Å²) < 4.78 is 9.28. The minimum Gasteiger partial charge on any atom is -0.469 e. The number of nitrogens with one attached hydrogen (secondary N) is 1. The van der Waals surface area contributed by atoms with Crippen LogP contribution in [0.3, 0.4) is 0 Å². The third kappa shape index (κ3) is 7.69. The highest BCUT2D eigenvalue weighted by Crippen LogP contribution is 2.18. The molecule has 1 N–H and O–H groups in total. The van der Waals surface area contributed by atoms with E-state index in [0.717, 1.165) is 11.8 Å². The van der Waals surface area contributed by atoms with Crippen molar-refractivity contribution in [2.24, 2.45) is 0 Å². The maximum Gasteiger partial charge on any atom is 0.329 e. The molecule has 0 aromatic carbocycles. The highest BCUT2D eigenvalue weighted by atomic mass is 32.2. The van der Waals surface area contributed by atoms with Gasteiger partial charge in [-0.2, -0.15) is 0 Å². The van der Waals surface area contributed by atoms with Crippen LogP contribution in [0.25, 0.3) is 0 Å². The molecule has 8 heteroatoms. The van der Waals surface area contributed by atoms with Crippen LogP contribution >= 0.6 is 11.8 Å². The van der Waals surface area contributed by atoms with Gasteiger partial charge in [0.25, 0.3) is 0 Å². The van der Waals surface area contributed by atoms with Crippen molar-refractivity contribution in [3.63, 3.8) is 0 Å². The van der Waals surface area contributed by atoms with E-state index < -0.39 is 28.3 Å². The van der Waals surface area contributed by atoms with E-state index in [1.54, 1.807) is 20.8 Å². The van der Waals surface area contributed by atoms with E-state index in [4.69, 9.17) is 4.74 Å². The van der Waals surface area contributed by atoms with Gasteiger partial charge in [-0.25, -0.2) is 4.79 Å². The van der Waals surface area contributed by atoms with Crippen LogP contribution in [0, 0.1) is 0 Å². The molecule has 21 heavy (non-hydrogen) atoms. The summed E-state index contributed by atoms with van der Waals surface area (Å²) in [5.74, 6) is -1.57. The molecule has 0 saturated heterocycles. The third-order valence-electron chi connectivity index (χ3n) is 2.48. The number of hydrogen-bond acceptors (Lipinski definition) is 7. The number of ether oxygens (including phenoxy) is 2. The van der Waals surface area contributed by atoms with Gasteiger partial charge in [-0.05, 0) is 6.92 Å². The van der Waals surface area contributed by atoms with Gasteiger partial charge < -0.3 is 14.8 Å². The summed E-state index contributed by atoms with van der Waals surface area (Å²) in [5, 5.41) is 1.53. The van der Waals surface area contributed by atoms with Crippen LogP contribution in [0.4, 0.5) is 0 Å². The molecule has 0 aliphatic rings. The summed E-state index contributed by atoms with van der Waals surface area (Å²) in [4.78, 5) is 46.0. The van der Waals surface area contributed by atoms with Crippen molar-refractivity contribution in [1.29, 1.82) is 0 Å². The monoisotopic (exact) mass is 319 g/mol. The highest BCUT2D eigenvalue weighted by Gasteiger charge is 2.30. The molecule has 0 saturated carbocycles. The number of thioether (sulfide) groups is 1. The Morgan fingerprint density at radius 2 is 1.81 bits per heavy atom. The molecule has 0 heterocycles. The second-order valence-corrected chi connectivity index (χ2v) is 5.53. The quantitative estimate of drug-likeness (QED) is 0.518. The summed E-state index contributed by atoms with van der Waals surface area (Å²) in [7, 11) is 1.19. The molecule has 0 aliphatic heterocycles. The molecule has 2 atom stereocenters. The number of carbonyl (C=O) groups excluding carboxylic acids is 4. The van der Waals surface area contributed by atoms with Gasteiger partial charge >= 0.3 is 11.9 Å². The zero-order valence-electron chi connectivity index (χ0n) is 12.6. The van der Waals surface area contributed by atoms with Crippen molar-refractivity contribution in [1.82, 2.24) is 5.32 Å². The topological polar surface area (TPSA) is 98.8 Å². The third-order valence-corrected chi connectivity index (χ3v) is 3.53. The normalized spacial score (nSPS) is 13.0. The van der Waals surface area contributed by atoms with E-state index >= 15 is 0 Å². The van der Waals surface area contributed by atoms with Gasteiger partial charge in [0.15, 0.2) is 5.12 Å². The first-order chi connectivity index (χ1) is 9.85. The zero-order chi connectivity index (χ0) is 16.4. The van der Waals surface area contributed by atoms with Crippen LogP contribution in [-0.2, 0) is 28.7 Å². The lowest BCUT2D eigenvalue weighted by molar-refractivity contribution is -0.147. The molecular weight excluding hydrogens is 298 g/mol. The van der Waals surface area contributed by atoms with Gasteiger partial charge in [0.05, 0.1) is 13.7 Å². The second kappa shape index (κ2) is 10.2. The molecule has 1 amide bonds. The summed E-state index contributed by atoms with van der Waals surface area (Å²) in [6, 6.07) is -0.941. The Bertz CT molecular complexity index is 398. The van der Waals surface area contributed by atoms with Crippen LogP contribution in [0.15, 0.2) is 0 Å². The molecule has 0 aromatic heterocycles. The predicted octanol–water partition coefficient (Wildman–Crippen LogP) is 0.656. The number of hydrogen-bond donors (Lipinski definition) is 1. The van der Waals surface area contributed by atoms with E-state index in [-0.39, 0.29) is 25.4 Å². The van der Waals surface area contributed by atoms with Gasteiger partial charge in [-0.15, -0.1) is 0 Å². The number of rotatable bonds is 8. The van der Waals surface area contributed by atoms with Gasteiger partial charge in [-0.1, -0.05) is 25.6 Å². The summed E-state index contributed by atoms with van der Waals surface area (Å²) in [6.07, 6.45) is -0.174. The van der Waals surface area contributed by atoms with Crippen LogP contribution < -0.4 is 5.32 Å². The lowest BCUT2D eigenvalue weighted by Crippen LogP contribution is -2.47. The predicted molar refractivity (Wildman–Crippen MR) is 77.5 cm³/mol. The summed E-state index contributed by atoms with van der Waals surface area (Å²) in [6.45, 7) is 5.08. The van der Waals surface area contributed by atoms with Crippen molar-refractivity contribution < 1.29 is 28.7 Å². The molecule has 7 nitrogen and oxygen atoms in total. The zero-order valence-corrected chi connectivity index (χ0v) is 13.5. The Kier molecular flexibility index (Phi) is 9.44. The number of amides is 1. The Labute approximate surface area is 128 Å².